The largest absolute Gasteiger partial charge is 1.00 e. The van der Waals surface area contributed by atoms with Crippen LogP contribution in [0.25, 0.3) is 0 Å². The summed E-state index contributed by atoms with van der Waals surface area (Å²) in [7, 11) is 0. The van der Waals surface area contributed by atoms with E-state index >= 15 is 0 Å². The van der Waals surface area contributed by atoms with E-state index in [4.69, 9.17) is 9.47 Å². The molecule has 1 aliphatic rings. The number of carbonyl (C=O) groups is 2. The van der Waals surface area contributed by atoms with Crippen LogP contribution in [0.2, 0.25) is 0 Å². The first-order chi connectivity index (χ1) is 28.3. The van der Waals surface area contributed by atoms with Gasteiger partial charge in [0.25, 0.3) is 0 Å². The molecule has 0 amide bonds. The Morgan fingerprint density at radius 3 is 0.933 bits per heavy atom. The molecule has 2 aromatic rings. The van der Waals surface area contributed by atoms with Crippen LogP contribution in [0.1, 0.15) is 217 Å². The molecule has 0 spiro atoms. The minimum Gasteiger partial charge on any atom is -0.550 e. The van der Waals surface area contributed by atoms with Gasteiger partial charge in [0.2, 0.25) is 0 Å². The number of carboxylic acid groups (broad SMARTS) is 2. The van der Waals surface area contributed by atoms with Gasteiger partial charge in [0.05, 0.1) is 22.2 Å². The monoisotopic (exact) mass is 976 g/mol. The predicted molar refractivity (Wildman–Crippen MR) is 242 cm³/mol. The number of carbonyl (C=O) groups excluding carboxylic acids is 2. The first-order valence-electron chi connectivity index (χ1n) is 23.6. The zero-order valence-electron chi connectivity index (χ0n) is 38.2. The molecule has 1 aliphatic carbocycles. The summed E-state index contributed by atoms with van der Waals surface area (Å²) in [6.45, 7) is 5.75. The van der Waals surface area contributed by atoms with Crippen molar-refractivity contribution in [1.29, 1.82) is 0 Å². The van der Waals surface area contributed by atoms with Gasteiger partial charge >= 0.3 is 59.1 Å². The molecule has 0 bridgehead atoms. The third-order valence-electron chi connectivity index (χ3n) is 12.3. The second-order valence-electron chi connectivity index (χ2n) is 17.0. The van der Waals surface area contributed by atoms with Crippen molar-refractivity contribution in [2.45, 2.75) is 205 Å². The van der Waals surface area contributed by atoms with E-state index in [1.165, 1.54) is 154 Å². The molecular formula is C50H76Br2Na2O6. The van der Waals surface area contributed by atoms with Gasteiger partial charge in [-0.2, -0.15) is 0 Å². The Morgan fingerprint density at radius 2 is 0.700 bits per heavy atom. The Kier molecular flexibility index (Phi) is 35.0. The molecule has 2 aromatic carbocycles. The molecule has 0 aromatic heterocycles. The molecule has 4 atom stereocenters. The van der Waals surface area contributed by atoms with Gasteiger partial charge in [0, 0.05) is 35.6 Å². The molecule has 328 valence electrons. The molecule has 0 aliphatic heterocycles. The number of benzene rings is 2. The fourth-order valence-corrected chi connectivity index (χ4v) is 9.83. The fourth-order valence-electron chi connectivity index (χ4n) is 8.80. The average Bonchev–Trinajstić information content (AvgIpc) is 3.18. The summed E-state index contributed by atoms with van der Waals surface area (Å²) in [6.07, 6.45) is 36.5. The van der Waals surface area contributed by atoms with Crippen LogP contribution in [0, 0.1) is 11.8 Å². The Hall–Kier alpha value is -0.0600. The third kappa shape index (κ3) is 22.2. The number of carboxylic acids is 2. The molecule has 0 heterocycles. The van der Waals surface area contributed by atoms with Crippen LogP contribution in [-0.2, 0) is 9.59 Å². The standard InChI is InChI=1S/C50H78Br2O6.2Na/c1-3-5-7-9-11-13-15-17-19-21-23-25-27-29-35-57-43-33-31-39(37-41(43)51)45-46(48(50(55)56)47(45)49(53)54)40-32-34-44(42(52)38-40)58-36-30-28-26-24-22-20-18-16-14-12-10-8-6-4-2;;/h31-34,37-38,45-48H,3-30,35-36H2,1-2H3,(H,53,54)(H,55,56);;/q;2*+1/p-2. The Morgan fingerprint density at radius 1 is 0.450 bits per heavy atom. The van der Waals surface area contributed by atoms with Gasteiger partial charge in [-0.15, -0.1) is 0 Å². The van der Waals surface area contributed by atoms with E-state index in [2.05, 4.69) is 45.7 Å². The molecular weight excluding hydrogens is 902 g/mol. The van der Waals surface area contributed by atoms with Crippen LogP contribution in [-0.4, -0.2) is 25.2 Å². The van der Waals surface area contributed by atoms with Crippen LogP contribution < -0.4 is 78.8 Å². The van der Waals surface area contributed by atoms with E-state index in [1.807, 2.05) is 36.4 Å². The van der Waals surface area contributed by atoms with Crippen molar-refractivity contribution in [3.63, 3.8) is 0 Å². The topological polar surface area (TPSA) is 98.7 Å². The number of aliphatic carboxylic acids is 2. The first kappa shape index (κ1) is 58.0. The maximum absolute atomic E-state index is 12.4. The quantitative estimate of drug-likeness (QED) is 0.0517. The normalized spacial score (nSPS) is 17.0. The summed E-state index contributed by atoms with van der Waals surface area (Å²) < 4.78 is 13.6. The van der Waals surface area contributed by atoms with Gasteiger partial charge in [-0.05, 0) is 80.1 Å². The van der Waals surface area contributed by atoms with Crippen LogP contribution in [0.3, 0.4) is 0 Å². The molecule has 10 heteroatoms. The SMILES string of the molecule is CCCCCCCCCCCCCCCCOc1ccc(C2C(C(=O)[O-])C(C(=O)[O-])C2c2ccc(OCCCCCCCCCCCCCCCC)c(Br)c2)cc1Br.[Na+].[Na+]. The maximum Gasteiger partial charge on any atom is 1.00 e. The number of hydrogen-bond donors (Lipinski definition) is 0. The Bertz CT molecular complexity index is 1320. The molecule has 3 rings (SSSR count). The van der Waals surface area contributed by atoms with Crippen molar-refractivity contribution in [1.82, 2.24) is 0 Å². The molecule has 1 saturated carbocycles. The van der Waals surface area contributed by atoms with Crippen LogP contribution in [0.5, 0.6) is 11.5 Å². The van der Waals surface area contributed by atoms with E-state index in [9.17, 15) is 19.8 Å². The number of hydrogen-bond acceptors (Lipinski definition) is 6. The van der Waals surface area contributed by atoms with E-state index < -0.39 is 35.6 Å². The first-order valence-corrected chi connectivity index (χ1v) is 25.1. The van der Waals surface area contributed by atoms with Crippen molar-refractivity contribution in [3.8, 4) is 11.5 Å². The summed E-state index contributed by atoms with van der Waals surface area (Å²) in [4.78, 5) is 24.7. The Labute approximate surface area is 426 Å². The van der Waals surface area contributed by atoms with E-state index in [0.29, 0.717) is 24.7 Å². The minimum absolute atomic E-state index is 0. The zero-order chi connectivity index (χ0) is 41.8. The molecule has 60 heavy (non-hydrogen) atoms. The summed E-state index contributed by atoms with van der Waals surface area (Å²) in [6, 6.07) is 11.1. The molecule has 4 unspecified atom stereocenters. The molecule has 0 radical (unpaired) electrons. The van der Waals surface area contributed by atoms with Gasteiger partial charge in [0.1, 0.15) is 11.5 Å². The van der Waals surface area contributed by atoms with Crippen LogP contribution in [0.4, 0.5) is 0 Å². The minimum atomic E-state index is -1.38. The van der Waals surface area contributed by atoms with E-state index in [-0.39, 0.29) is 59.1 Å². The smallest absolute Gasteiger partial charge is 0.550 e. The van der Waals surface area contributed by atoms with Gasteiger partial charge in [-0.25, -0.2) is 0 Å². The van der Waals surface area contributed by atoms with Crippen molar-refractivity contribution in [3.05, 3.63) is 56.5 Å². The van der Waals surface area contributed by atoms with Crippen molar-refractivity contribution < 1.29 is 88.4 Å². The zero-order valence-corrected chi connectivity index (χ0v) is 45.4. The predicted octanol–water partition coefficient (Wildman–Crippen LogP) is 7.55. The van der Waals surface area contributed by atoms with E-state index in [0.717, 1.165) is 45.8 Å². The fraction of sp³-hybridized carbons (Fsp3) is 0.720. The number of halogens is 2. The third-order valence-corrected chi connectivity index (χ3v) is 13.5. The molecule has 6 nitrogen and oxygen atoms in total. The summed E-state index contributed by atoms with van der Waals surface area (Å²) in [5.74, 6) is -4.98. The Balaban J connectivity index is 0.00000900. The number of rotatable bonds is 36. The van der Waals surface area contributed by atoms with Gasteiger partial charge in [0.15, 0.2) is 0 Å². The van der Waals surface area contributed by atoms with Crippen LogP contribution >= 0.6 is 31.9 Å². The van der Waals surface area contributed by atoms with Gasteiger partial charge in [-0.3, -0.25) is 0 Å². The van der Waals surface area contributed by atoms with E-state index in [1.54, 1.807) is 0 Å². The van der Waals surface area contributed by atoms with Crippen molar-refractivity contribution in [2.24, 2.45) is 11.8 Å². The summed E-state index contributed by atoms with van der Waals surface area (Å²) in [5.41, 5.74) is 1.45. The second-order valence-corrected chi connectivity index (χ2v) is 18.7. The van der Waals surface area contributed by atoms with Gasteiger partial charge < -0.3 is 29.3 Å². The molecule has 1 fully saturated rings. The second kappa shape index (κ2) is 36.2. The van der Waals surface area contributed by atoms with Crippen molar-refractivity contribution in [2.75, 3.05) is 13.2 Å². The number of ether oxygens (including phenoxy) is 2. The van der Waals surface area contributed by atoms with Gasteiger partial charge in [-0.1, -0.05) is 193 Å². The maximum atomic E-state index is 12.4. The molecule has 0 N–H and O–H groups in total. The summed E-state index contributed by atoms with van der Waals surface area (Å²) >= 11 is 7.28. The molecule has 0 saturated heterocycles. The van der Waals surface area contributed by atoms with Crippen molar-refractivity contribution >= 4 is 43.8 Å². The van der Waals surface area contributed by atoms with Crippen LogP contribution in [0.15, 0.2) is 45.3 Å². The summed E-state index contributed by atoms with van der Waals surface area (Å²) in [5, 5.41) is 24.7. The average molecular weight is 979 g/mol. The number of unbranched alkanes of at least 4 members (excludes halogenated alkanes) is 26.